The SMILES string of the molecule is Cc1ccc(NC(=O)N(Cc2ccccc2)Cc2ccc(Cl)cc2)cc1Cl. The number of benzene rings is 3. The summed E-state index contributed by atoms with van der Waals surface area (Å²) in [6, 6.07) is 22.7. The van der Waals surface area contributed by atoms with E-state index in [4.69, 9.17) is 23.2 Å². The van der Waals surface area contributed by atoms with Crippen molar-refractivity contribution < 1.29 is 4.79 Å². The summed E-state index contributed by atoms with van der Waals surface area (Å²) in [7, 11) is 0. The van der Waals surface area contributed by atoms with Crippen LogP contribution in [0.4, 0.5) is 10.5 Å². The van der Waals surface area contributed by atoms with E-state index in [-0.39, 0.29) is 6.03 Å². The lowest BCUT2D eigenvalue weighted by molar-refractivity contribution is 0.206. The first-order chi connectivity index (χ1) is 13.0. The smallest absolute Gasteiger partial charge is 0.316 e. The van der Waals surface area contributed by atoms with Gasteiger partial charge in [0, 0.05) is 28.8 Å². The summed E-state index contributed by atoms with van der Waals surface area (Å²) in [5.74, 6) is 0. The van der Waals surface area contributed by atoms with Gasteiger partial charge in [0.25, 0.3) is 0 Å². The van der Waals surface area contributed by atoms with Crippen LogP contribution in [0.3, 0.4) is 0 Å². The van der Waals surface area contributed by atoms with Crippen LogP contribution in [0.5, 0.6) is 0 Å². The van der Waals surface area contributed by atoms with Crippen molar-refractivity contribution in [2.75, 3.05) is 5.32 Å². The molecule has 0 aliphatic heterocycles. The van der Waals surface area contributed by atoms with E-state index in [1.807, 2.05) is 73.7 Å². The normalized spacial score (nSPS) is 10.5. The number of rotatable bonds is 5. The Kier molecular flexibility index (Phi) is 6.38. The molecule has 0 saturated carbocycles. The summed E-state index contributed by atoms with van der Waals surface area (Å²) in [5, 5.41) is 4.24. The minimum Gasteiger partial charge on any atom is -0.316 e. The molecule has 3 rings (SSSR count). The van der Waals surface area contributed by atoms with Crippen molar-refractivity contribution in [3.8, 4) is 0 Å². The topological polar surface area (TPSA) is 32.3 Å². The third-order valence-corrected chi connectivity index (χ3v) is 4.87. The Hall–Kier alpha value is -2.49. The van der Waals surface area contributed by atoms with Crippen LogP contribution >= 0.6 is 23.2 Å². The first-order valence-electron chi connectivity index (χ1n) is 8.62. The van der Waals surface area contributed by atoms with Gasteiger partial charge in [0.05, 0.1) is 0 Å². The molecular formula is C22H20Cl2N2O. The molecule has 2 amide bonds. The second-order valence-corrected chi connectivity index (χ2v) is 7.21. The number of nitrogens with one attached hydrogen (secondary N) is 1. The summed E-state index contributed by atoms with van der Waals surface area (Å²) in [6.07, 6.45) is 0. The minimum absolute atomic E-state index is 0.186. The molecule has 0 spiro atoms. The highest BCUT2D eigenvalue weighted by Gasteiger charge is 2.15. The number of hydrogen-bond acceptors (Lipinski definition) is 1. The van der Waals surface area contributed by atoms with E-state index in [2.05, 4.69) is 5.32 Å². The summed E-state index contributed by atoms with van der Waals surface area (Å²) in [5.41, 5.74) is 3.71. The van der Waals surface area contributed by atoms with Crippen LogP contribution in [0.2, 0.25) is 10.0 Å². The predicted octanol–water partition coefficient (Wildman–Crippen LogP) is 6.54. The summed E-state index contributed by atoms with van der Waals surface area (Å²) >= 11 is 12.1. The molecule has 3 aromatic carbocycles. The average Bonchev–Trinajstić information content (AvgIpc) is 2.67. The number of amides is 2. The molecule has 0 atom stereocenters. The molecule has 0 unspecified atom stereocenters. The van der Waals surface area contributed by atoms with Crippen LogP contribution in [0, 0.1) is 6.92 Å². The molecule has 27 heavy (non-hydrogen) atoms. The van der Waals surface area contributed by atoms with Gasteiger partial charge in [0.15, 0.2) is 0 Å². The Labute approximate surface area is 169 Å². The third kappa shape index (κ3) is 5.49. The number of aryl methyl sites for hydroxylation is 1. The highest BCUT2D eigenvalue weighted by atomic mass is 35.5. The Balaban J connectivity index is 1.79. The molecule has 138 valence electrons. The van der Waals surface area contributed by atoms with E-state index in [9.17, 15) is 4.79 Å². The zero-order valence-corrected chi connectivity index (χ0v) is 16.5. The quantitative estimate of drug-likeness (QED) is 0.519. The van der Waals surface area contributed by atoms with Crippen molar-refractivity contribution in [3.05, 3.63) is 99.5 Å². The van der Waals surface area contributed by atoms with Crippen LogP contribution in [0.1, 0.15) is 16.7 Å². The molecule has 0 fully saturated rings. The monoisotopic (exact) mass is 398 g/mol. The standard InChI is InChI=1S/C22H20Cl2N2O/c1-16-7-12-20(13-21(16)24)25-22(27)26(14-17-5-3-2-4-6-17)15-18-8-10-19(23)11-9-18/h2-13H,14-15H2,1H3,(H,25,27). The lowest BCUT2D eigenvalue weighted by atomic mass is 10.1. The van der Waals surface area contributed by atoms with Crippen LogP contribution in [0.15, 0.2) is 72.8 Å². The van der Waals surface area contributed by atoms with E-state index < -0.39 is 0 Å². The molecule has 0 heterocycles. The number of carbonyl (C=O) groups is 1. The average molecular weight is 399 g/mol. The van der Waals surface area contributed by atoms with Gasteiger partial charge in [-0.15, -0.1) is 0 Å². The first kappa shape index (κ1) is 19.3. The van der Waals surface area contributed by atoms with Gasteiger partial charge in [0.2, 0.25) is 0 Å². The zero-order valence-electron chi connectivity index (χ0n) is 15.0. The van der Waals surface area contributed by atoms with Gasteiger partial charge >= 0.3 is 6.03 Å². The lowest BCUT2D eigenvalue weighted by Crippen LogP contribution is -2.34. The van der Waals surface area contributed by atoms with Crippen molar-refractivity contribution in [1.29, 1.82) is 0 Å². The minimum atomic E-state index is -0.186. The Morgan fingerprint density at radius 3 is 2.15 bits per heavy atom. The molecular weight excluding hydrogens is 379 g/mol. The second kappa shape index (κ2) is 8.94. The highest BCUT2D eigenvalue weighted by molar-refractivity contribution is 6.31. The number of halogens is 2. The summed E-state index contributed by atoms with van der Waals surface area (Å²) in [6.45, 7) is 2.89. The van der Waals surface area contributed by atoms with E-state index in [1.165, 1.54) is 0 Å². The molecule has 3 aromatic rings. The fraction of sp³-hybridized carbons (Fsp3) is 0.136. The first-order valence-corrected chi connectivity index (χ1v) is 9.37. The number of anilines is 1. The van der Waals surface area contributed by atoms with Gasteiger partial charge in [-0.1, -0.05) is 71.7 Å². The maximum absolute atomic E-state index is 12.9. The second-order valence-electron chi connectivity index (χ2n) is 6.36. The third-order valence-electron chi connectivity index (χ3n) is 4.21. The Morgan fingerprint density at radius 2 is 1.52 bits per heavy atom. The van der Waals surface area contributed by atoms with Gasteiger partial charge in [-0.2, -0.15) is 0 Å². The van der Waals surface area contributed by atoms with Crippen LogP contribution in [0.25, 0.3) is 0 Å². The number of nitrogens with zero attached hydrogens (tertiary/aromatic N) is 1. The highest BCUT2D eigenvalue weighted by Crippen LogP contribution is 2.21. The van der Waals surface area contributed by atoms with Crippen molar-refractivity contribution in [2.45, 2.75) is 20.0 Å². The van der Waals surface area contributed by atoms with Gasteiger partial charge in [0.1, 0.15) is 0 Å². The van der Waals surface area contributed by atoms with E-state index in [1.54, 1.807) is 11.0 Å². The Bertz CT molecular complexity index is 911. The van der Waals surface area contributed by atoms with E-state index in [0.29, 0.717) is 28.8 Å². The Morgan fingerprint density at radius 1 is 0.889 bits per heavy atom. The predicted molar refractivity (Wildman–Crippen MR) is 112 cm³/mol. The fourth-order valence-electron chi connectivity index (χ4n) is 2.69. The van der Waals surface area contributed by atoms with Gasteiger partial charge in [-0.25, -0.2) is 4.79 Å². The fourth-order valence-corrected chi connectivity index (χ4v) is 2.99. The van der Waals surface area contributed by atoms with E-state index in [0.717, 1.165) is 16.7 Å². The van der Waals surface area contributed by atoms with Crippen LogP contribution in [-0.2, 0) is 13.1 Å². The largest absolute Gasteiger partial charge is 0.322 e. The van der Waals surface area contributed by atoms with Gasteiger partial charge < -0.3 is 10.2 Å². The molecule has 1 N–H and O–H groups in total. The lowest BCUT2D eigenvalue weighted by Gasteiger charge is -2.24. The van der Waals surface area contributed by atoms with Crippen molar-refractivity contribution >= 4 is 34.9 Å². The number of hydrogen-bond donors (Lipinski definition) is 1. The maximum Gasteiger partial charge on any atom is 0.322 e. The molecule has 0 aliphatic rings. The molecule has 5 heteroatoms. The number of urea groups is 1. The molecule has 0 bridgehead atoms. The number of carbonyl (C=O) groups excluding carboxylic acids is 1. The molecule has 3 nitrogen and oxygen atoms in total. The van der Waals surface area contributed by atoms with Crippen molar-refractivity contribution in [3.63, 3.8) is 0 Å². The molecule has 0 aromatic heterocycles. The molecule has 0 aliphatic carbocycles. The zero-order chi connectivity index (χ0) is 19.2. The van der Waals surface area contributed by atoms with Crippen molar-refractivity contribution in [2.24, 2.45) is 0 Å². The summed E-state index contributed by atoms with van der Waals surface area (Å²) in [4.78, 5) is 14.7. The van der Waals surface area contributed by atoms with Crippen molar-refractivity contribution in [1.82, 2.24) is 4.90 Å². The molecule has 0 saturated heterocycles. The van der Waals surface area contributed by atoms with Gasteiger partial charge in [-0.3, -0.25) is 0 Å². The van der Waals surface area contributed by atoms with Crippen LogP contribution < -0.4 is 5.32 Å². The molecule has 0 radical (unpaired) electrons. The van der Waals surface area contributed by atoms with Crippen LogP contribution in [-0.4, -0.2) is 10.9 Å². The van der Waals surface area contributed by atoms with Gasteiger partial charge in [-0.05, 0) is 47.9 Å². The maximum atomic E-state index is 12.9. The van der Waals surface area contributed by atoms with E-state index >= 15 is 0 Å². The summed E-state index contributed by atoms with van der Waals surface area (Å²) < 4.78 is 0.